The van der Waals surface area contributed by atoms with Crippen LogP contribution in [0.15, 0.2) is 36.5 Å². The molecule has 1 amide bonds. The minimum atomic E-state index is -0.0951. The van der Waals surface area contributed by atoms with E-state index >= 15 is 0 Å². The molecule has 1 aliphatic rings. The summed E-state index contributed by atoms with van der Waals surface area (Å²) in [5.41, 5.74) is 1.46. The number of hydrogen-bond acceptors (Lipinski definition) is 4. The van der Waals surface area contributed by atoms with Crippen LogP contribution in [0.4, 0.5) is 0 Å². The predicted octanol–water partition coefficient (Wildman–Crippen LogP) is 1.03. The van der Waals surface area contributed by atoms with Crippen LogP contribution in [0, 0.1) is 0 Å². The largest absolute Gasteiger partial charge is 0.370 e. The molecule has 0 N–H and O–H groups in total. The monoisotopic (exact) mass is 272 g/mol. The summed E-state index contributed by atoms with van der Waals surface area (Å²) < 4.78 is 7.28. The van der Waals surface area contributed by atoms with Crippen molar-refractivity contribution in [3.63, 3.8) is 0 Å². The van der Waals surface area contributed by atoms with Crippen LogP contribution in [0.3, 0.4) is 0 Å². The van der Waals surface area contributed by atoms with Gasteiger partial charge >= 0.3 is 0 Å². The number of amides is 1. The zero-order valence-corrected chi connectivity index (χ0v) is 11.3. The summed E-state index contributed by atoms with van der Waals surface area (Å²) in [6.07, 6.45) is 1.56. The summed E-state index contributed by atoms with van der Waals surface area (Å²) in [4.78, 5) is 14.1. The van der Waals surface area contributed by atoms with Gasteiger partial charge in [-0.2, -0.15) is 0 Å². The standard InChI is InChI=1S/C14H16N4O2/c1-17-9-12(15-16-17)14(19)18-7-8-20-13(10-18)11-5-3-2-4-6-11/h2-6,9,13H,7-8,10H2,1H3/t13-/m0/s1. The maximum atomic E-state index is 12.3. The topological polar surface area (TPSA) is 60.2 Å². The van der Waals surface area contributed by atoms with E-state index in [1.54, 1.807) is 18.1 Å². The smallest absolute Gasteiger partial charge is 0.276 e. The Morgan fingerprint density at radius 3 is 2.85 bits per heavy atom. The van der Waals surface area contributed by atoms with Crippen LogP contribution in [-0.4, -0.2) is 45.5 Å². The zero-order valence-electron chi connectivity index (χ0n) is 11.3. The quantitative estimate of drug-likeness (QED) is 0.819. The second-order valence-electron chi connectivity index (χ2n) is 4.80. The maximum absolute atomic E-state index is 12.3. The minimum Gasteiger partial charge on any atom is -0.370 e. The van der Waals surface area contributed by atoms with E-state index in [4.69, 9.17) is 4.74 Å². The average molecular weight is 272 g/mol. The van der Waals surface area contributed by atoms with Gasteiger partial charge in [-0.1, -0.05) is 35.5 Å². The van der Waals surface area contributed by atoms with Gasteiger partial charge in [0.2, 0.25) is 0 Å². The fourth-order valence-electron chi connectivity index (χ4n) is 2.31. The molecule has 1 aromatic heterocycles. The van der Waals surface area contributed by atoms with Gasteiger partial charge in [0, 0.05) is 13.6 Å². The highest BCUT2D eigenvalue weighted by atomic mass is 16.5. The Hall–Kier alpha value is -2.21. The van der Waals surface area contributed by atoms with Crippen molar-refractivity contribution in [2.75, 3.05) is 19.7 Å². The maximum Gasteiger partial charge on any atom is 0.276 e. The lowest BCUT2D eigenvalue weighted by Gasteiger charge is -2.32. The molecule has 2 heterocycles. The number of carbonyl (C=O) groups is 1. The summed E-state index contributed by atoms with van der Waals surface area (Å²) in [6.45, 7) is 1.66. The summed E-state index contributed by atoms with van der Waals surface area (Å²) in [5, 5.41) is 7.67. The Kier molecular flexibility index (Phi) is 3.47. The highest BCUT2D eigenvalue weighted by molar-refractivity contribution is 5.92. The van der Waals surface area contributed by atoms with Crippen LogP contribution in [0.2, 0.25) is 0 Å². The van der Waals surface area contributed by atoms with Gasteiger partial charge in [-0.05, 0) is 5.56 Å². The van der Waals surface area contributed by atoms with E-state index in [-0.39, 0.29) is 12.0 Å². The van der Waals surface area contributed by atoms with Crippen molar-refractivity contribution in [1.29, 1.82) is 0 Å². The summed E-state index contributed by atoms with van der Waals surface area (Å²) in [7, 11) is 1.75. The van der Waals surface area contributed by atoms with Crippen LogP contribution in [0.5, 0.6) is 0 Å². The average Bonchev–Trinajstić information content (AvgIpc) is 2.94. The van der Waals surface area contributed by atoms with Crippen LogP contribution >= 0.6 is 0 Å². The van der Waals surface area contributed by atoms with Crippen molar-refractivity contribution >= 4 is 5.91 Å². The van der Waals surface area contributed by atoms with Gasteiger partial charge < -0.3 is 9.64 Å². The van der Waals surface area contributed by atoms with Crippen molar-refractivity contribution in [1.82, 2.24) is 19.9 Å². The fraction of sp³-hybridized carbons (Fsp3) is 0.357. The van der Waals surface area contributed by atoms with Gasteiger partial charge in [0.25, 0.3) is 5.91 Å². The van der Waals surface area contributed by atoms with Crippen LogP contribution < -0.4 is 0 Å². The number of carbonyl (C=O) groups excluding carboxylic acids is 1. The van der Waals surface area contributed by atoms with Gasteiger partial charge in [-0.15, -0.1) is 5.10 Å². The van der Waals surface area contributed by atoms with Crippen molar-refractivity contribution in [3.05, 3.63) is 47.8 Å². The SMILES string of the molecule is Cn1cc(C(=O)N2CCO[C@H](c3ccccc3)C2)nn1. The van der Waals surface area contributed by atoms with Gasteiger partial charge in [-0.25, -0.2) is 0 Å². The molecule has 2 aromatic rings. The molecule has 0 radical (unpaired) electrons. The molecule has 1 fully saturated rings. The first-order valence-corrected chi connectivity index (χ1v) is 6.56. The van der Waals surface area contributed by atoms with Gasteiger partial charge in [0.05, 0.1) is 19.3 Å². The first kappa shape index (κ1) is 12.8. The highest BCUT2D eigenvalue weighted by Gasteiger charge is 2.27. The number of aryl methyl sites for hydroxylation is 1. The zero-order chi connectivity index (χ0) is 13.9. The van der Waals surface area contributed by atoms with Crippen LogP contribution in [-0.2, 0) is 11.8 Å². The molecule has 104 valence electrons. The fourth-order valence-corrected chi connectivity index (χ4v) is 2.31. The lowest BCUT2D eigenvalue weighted by molar-refractivity contribution is -0.0230. The van der Waals surface area contributed by atoms with Gasteiger partial charge in [0.15, 0.2) is 5.69 Å². The number of benzene rings is 1. The third-order valence-corrected chi connectivity index (χ3v) is 3.35. The van der Waals surface area contributed by atoms with E-state index < -0.39 is 0 Å². The minimum absolute atomic E-state index is 0.0782. The van der Waals surface area contributed by atoms with Crippen LogP contribution in [0.25, 0.3) is 0 Å². The van der Waals surface area contributed by atoms with E-state index in [0.29, 0.717) is 25.4 Å². The van der Waals surface area contributed by atoms with E-state index in [1.165, 1.54) is 4.68 Å². The van der Waals surface area contributed by atoms with E-state index in [9.17, 15) is 4.79 Å². The molecule has 6 nitrogen and oxygen atoms in total. The molecule has 1 saturated heterocycles. The van der Waals surface area contributed by atoms with Gasteiger partial charge in [0.1, 0.15) is 6.10 Å². The molecule has 0 saturated carbocycles. The van der Waals surface area contributed by atoms with Crippen LogP contribution in [0.1, 0.15) is 22.2 Å². The Morgan fingerprint density at radius 2 is 2.15 bits per heavy atom. The molecule has 0 spiro atoms. The lowest BCUT2D eigenvalue weighted by Crippen LogP contribution is -2.42. The highest BCUT2D eigenvalue weighted by Crippen LogP contribution is 2.22. The number of morpholine rings is 1. The van der Waals surface area contributed by atoms with E-state index in [1.807, 2.05) is 30.3 Å². The molecule has 0 bridgehead atoms. The second kappa shape index (κ2) is 5.42. The van der Waals surface area contributed by atoms with Crippen molar-refractivity contribution in [2.45, 2.75) is 6.10 Å². The Morgan fingerprint density at radius 1 is 1.35 bits per heavy atom. The van der Waals surface area contributed by atoms with Crippen molar-refractivity contribution in [2.24, 2.45) is 7.05 Å². The lowest BCUT2D eigenvalue weighted by atomic mass is 10.1. The molecule has 0 unspecified atom stereocenters. The molecule has 1 aliphatic heterocycles. The third-order valence-electron chi connectivity index (χ3n) is 3.35. The van der Waals surface area contributed by atoms with Crippen molar-refractivity contribution < 1.29 is 9.53 Å². The summed E-state index contributed by atoms with van der Waals surface area (Å²) in [5.74, 6) is -0.0951. The predicted molar refractivity (Wildman–Crippen MR) is 72.0 cm³/mol. The Labute approximate surface area is 117 Å². The Bertz CT molecular complexity index is 596. The Balaban J connectivity index is 1.74. The molecule has 20 heavy (non-hydrogen) atoms. The van der Waals surface area contributed by atoms with Crippen molar-refractivity contribution in [3.8, 4) is 0 Å². The number of aromatic nitrogens is 3. The van der Waals surface area contributed by atoms with Gasteiger partial charge in [-0.3, -0.25) is 9.48 Å². The molecular weight excluding hydrogens is 256 g/mol. The first-order valence-electron chi connectivity index (χ1n) is 6.56. The summed E-state index contributed by atoms with van der Waals surface area (Å²) >= 11 is 0. The van der Waals surface area contributed by atoms with E-state index in [2.05, 4.69) is 10.3 Å². The first-order chi connectivity index (χ1) is 9.74. The number of hydrogen-bond donors (Lipinski definition) is 0. The molecule has 3 rings (SSSR count). The second-order valence-corrected chi connectivity index (χ2v) is 4.80. The number of nitrogens with zero attached hydrogens (tertiary/aromatic N) is 4. The molecule has 6 heteroatoms. The third kappa shape index (κ3) is 2.55. The molecule has 1 atom stereocenters. The normalized spacial score (nSPS) is 19.1. The molecule has 0 aliphatic carbocycles. The number of ether oxygens (including phenoxy) is 1. The molecule has 1 aromatic carbocycles. The summed E-state index contributed by atoms with van der Waals surface area (Å²) in [6, 6.07) is 9.95. The number of rotatable bonds is 2. The molecular formula is C14H16N4O2. The van der Waals surface area contributed by atoms with E-state index in [0.717, 1.165) is 5.56 Å².